The second-order valence-electron chi connectivity index (χ2n) is 4.53. The molecular weight excluding hydrogens is 240 g/mol. The predicted molar refractivity (Wildman–Crippen MR) is 74.6 cm³/mol. The highest BCUT2D eigenvalue weighted by atomic mass is 15.2. The van der Waals surface area contributed by atoms with Crippen molar-refractivity contribution in [3.63, 3.8) is 0 Å². The Kier molecular flexibility index (Phi) is 3.24. The molecule has 0 radical (unpaired) electrons. The molecule has 0 aromatic carbocycles. The molecule has 1 fully saturated rings. The fourth-order valence-electron chi connectivity index (χ4n) is 1.89. The van der Waals surface area contributed by atoms with Gasteiger partial charge in [-0.1, -0.05) is 0 Å². The number of nitrogens with one attached hydrogen (secondary N) is 2. The molecular formula is C13H16N6. The first kappa shape index (κ1) is 11.9. The van der Waals surface area contributed by atoms with Gasteiger partial charge >= 0.3 is 0 Å². The van der Waals surface area contributed by atoms with Crippen LogP contribution in [0.5, 0.6) is 0 Å². The Morgan fingerprint density at radius 2 is 2.26 bits per heavy atom. The Bertz CT molecular complexity index is 540. The molecule has 0 amide bonds. The molecule has 2 aromatic heterocycles. The van der Waals surface area contributed by atoms with Gasteiger partial charge in [-0.3, -0.25) is 4.98 Å². The van der Waals surface area contributed by atoms with E-state index in [0.717, 1.165) is 30.4 Å². The Morgan fingerprint density at radius 1 is 1.37 bits per heavy atom. The standard InChI is InChI=1S/C13H16N6/c1-19(11-3-2-4-14-8-11)13-5-12(16-9-17-13)18-10-6-15-7-10/h2-5,8-10,15H,6-7H2,1H3,(H,16,17,18). The van der Waals surface area contributed by atoms with E-state index in [-0.39, 0.29) is 0 Å². The number of aromatic nitrogens is 3. The number of nitrogens with zero attached hydrogens (tertiary/aromatic N) is 4. The molecule has 6 nitrogen and oxygen atoms in total. The first-order valence-corrected chi connectivity index (χ1v) is 6.26. The monoisotopic (exact) mass is 256 g/mol. The van der Waals surface area contributed by atoms with Gasteiger partial charge in [-0.2, -0.15) is 0 Å². The molecule has 0 atom stereocenters. The second-order valence-corrected chi connectivity index (χ2v) is 4.53. The lowest BCUT2D eigenvalue weighted by molar-refractivity contribution is 0.471. The zero-order valence-electron chi connectivity index (χ0n) is 10.7. The molecule has 2 N–H and O–H groups in total. The van der Waals surface area contributed by atoms with Crippen molar-refractivity contribution in [2.45, 2.75) is 6.04 Å². The van der Waals surface area contributed by atoms with Crippen molar-refractivity contribution in [2.24, 2.45) is 0 Å². The van der Waals surface area contributed by atoms with Gasteiger partial charge in [-0.25, -0.2) is 9.97 Å². The fourth-order valence-corrected chi connectivity index (χ4v) is 1.89. The highest BCUT2D eigenvalue weighted by Crippen LogP contribution is 2.21. The Balaban J connectivity index is 1.78. The van der Waals surface area contributed by atoms with Gasteiger partial charge in [0.15, 0.2) is 0 Å². The van der Waals surface area contributed by atoms with Crippen LogP contribution in [0.3, 0.4) is 0 Å². The summed E-state index contributed by atoms with van der Waals surface area (Å²) in [5.74, 6) is 1.70. The summed E-state index contributed by atoms with van der Waals surface area (Å²) in [7, 11) is 1.97. The summed E-state index contributed by atoms with van der Waals surface area (Å²) in [5.41, 5.74) is 0.998. The fraction of sp³-hybridized carbons (Fsp3) is 0.308. The molecule has 0 bridgehead atoms. The summed E-state index contributed by atoms with van der Waals surface area (Å²) in [6, 6.07) is 6.32. The van der Waals surface area contributed by atoms with Crippen molar-refractivity contribution in [3.05, 3.63) is 36.9 Å². The molecule has 6 heteroatoms. The number of rotatable bonds is 4. The van der Waals surface area contributed by atoms with Crippen LogP contribution >= 0.6 is 0 Å². The molecule has 0 aliphatic carbocycles. The van der Waals surface area contributed by atoms with Crippen LogP contribution in [0.2, 0.25) is 0 Å². The highest BCUT2D eigenvalue weighted by Gasteiger charge is 2.17. The van der Waals surface area contributed by atoms with E-state index in [0.29, 0.717) is 6.04 Å². The molecule has 0 unspecified atom stereocenters. The van der Waals surface area contributed by atoms with Crippen LogP contribution in [0, 0.1) is 0 Å². The maximum absolute atomic E-state index is 4.30. The number of hydrogen-bond acceptors (Lipinski definition) is 6. The minimum absolute atomic E-state index is 0.464. The molecule has 19 heavy (non-hydrogen) atoms. The Hall–Kier alpha value is -2.21. The number of anilines is 3. The van der Waals surface area contributed by atoms with E-state index in [1.807, 2.05) is 36.3 Å². The lowest BCUT2D eigenvalue weighted by Gasteiger charge is -2.28. The highest BCUT2D eigenvalue weighted by molar-refractivity contribution is 5.60. The third-order valence-corrected chi connectivity index (χ3v) is 3.16. The molecule has 3 rings (SSSR count). The maximum Gasteiger partial charge on any atom is 0.138 e. The topological polar surface area (TPSA) is 66.0 Å². The largest absolute Gasteiger partial charge is 0.365 e. The molecule has 1 saturated heterocycles. The number of hydrogen-bond donors (Lipinski definition) is 2. The van der Waals surface area contributed by atoms with Crippen LogP contribution in [-0.2, 0) is 0 Å². The zero-order chi connectivity index (χ0) is 13.1. The van der Waals surface area contributed by atoms with Gasteiger partial charge in [0.1, 0.15) is 18.0 Å². The van der Waals surface area contributed by atoms with E-state index >= 15 is 0 Å². The molecule has 1 aliphatic heterocycles. The average molecular weight is 256 g/mol. The van der Waals surface area contributed by atoms with Crippen molar-refractivity contribution in [3.8, 4) is 0 Å². The third-order valence-electron chi connectivity index (χ3n) is 3.16. The lowest BCUT2D eigenvalue weighted by atomic mass is 10.2. The quantitative estimate of drug-likeness (QED) is 0.851. The zero-order valence-corrected chi connectivity index (χ0v) is 10.7. The molecule has 2 aromatic rings. The van der Waals surface area contributed by atoms with Gasteiger partial charge in [0, 0.05) is 32.4 Å². The van der Waals surface area contributed by atoms with Crippen molar-refractivity contribution in [2.75, 3.05) is 30.4 Å². The third kappa shape index (κ3) is 2.63. The molecule has 1 aliphatic rings. The van der Waals surface area contributed by atoms with E-state index < -0.39 is 0 Å². The van der Waals surface area contributed by atoms with E-state index in [2.05, 4.69) is 25.6 Å². The lowest BCUT2D eigenvalue weighted by Crippen LogP contribution is -2.51. The Morgan fingerprint density at radius 3 is 2.95 bits per heavy atom. The normalized spacial score (nSPS) is 14.8. The van der Waals surface area contributed by atoms with Crippen LogP contribution in [0.25, 0.3) is 0 Å². The molecule has 98 valence electrons. The van der Waals surface area contributed by atoms with Gasteiger partial charge in [-0.15, -0.1) is 0 Å². The summed E-state index contributed by atoms with van der Waals surface area (Å²) in [4.78, 5) is 14.6. The molecule has 3 heterocycles. The summed E-state index contributed by atoms with van der Waals surface area (Å²) >= 11 is 0. The van der Waals surface area contributed by atoms with Crippen molar-refractivity contribution in [1.82, 2.24) is 20.3 Å². The van der Waals surface area contributed by atoms with Crippen LogP contribution in [0.15, 0.2) is 36.9 Å². The van der Waals surface area contributed by atoms with Crippen LogP contribution in [0.1, 0.15) is 0 Å². The van der Waals surface area contributed by atoms with Gasteiger partial charge in [0.05, 0.1) is 17.9 Å². The summed E-state index contributed by atoms with van der Waals surface area (Å²) in [5, 5.41) is 6.59. The van der Waals surface area contributed by atoms with E-state index in [1.165, 1.54) is 0 Å². The molecule has 0 spiro atoms. The van der Waals surface area contributed by atoms with Gasteiger partial charge in [0.25, 0.3) is 0 Å². The van der Waals surface area contributed by atoms with E-state index in [1.54, 1.807) is 12.5 Å². The maximum atomic E-state index is 4.30. The van der Waals surface area contributed by atoms with E-state index in [9.17, 15) is 0 Å². The number of pyridine rings is 1. The minimum atomic E-state index is 0.464. The second kappa shape index (κ2) is 5.19. The van der Waals surface area contributed by atoms with Gasteiger partial charge < -0.3 is 15.5 Å². The summed E-state index contributed by atoms with van der Waals surface area (Å²) in [6.45, 7) is 1.97. The summed E-state index contributed by atoms with van der Waals surface area (Å²) in [6.07, 6.45) is 5.15. The van der Waals surface area contributed by atoms with Crippen molar-refractivity contribution in [1.29, 1.82) is 0 Å². The van der Waals surface area contributed by atoms with Gasteiger partial charge in [-0.05, 0) is 12.1 Å². The van der Waals surface area contributed by atoms with Crippen LogP contribution in [0.4, 0.5) is 17.3 Å². The van der Waals surface area contributed by atoms with Gasteiger partial charge in [0.2, 0.25) is 0 Å². The predicted octanol–water partition coefficient (Wildman–Crippen LogP) is 1.02. The van der Waals surface area contributed by atoms with Crippen molar-refractivity contribution < 1.29 is 0 Å². The summed E-state index contributed by atoms with van der Waals surface area (Å²) < 4.78 is 0. The molecule has 0 saturated carbocycles. The smallest absolute Gasteiger partial charge is 0.138 e. The van der Waals surface area contributed by atoms with Crippen LogP contribution in [-0.4, -0.2) is 41.1 Å². The average Bonchev–Trinajstić information content (AvgIpc) is 2.43. The van der Waals surface area contributed by atoms with Crippen molar-refractivity contribution >= 4 is 17.3 Å². The van der Waals surface area contributed by atoms with E-state index in [4.69, 9.17) is 0 Å². The van der Waals surface area contributed by atoms with Crippen LogP contribution < -0.4 is 15.5 Å². The minimum Gasteiger partial charge on any atom is -0.365 e. The first-order chi connectivity index (χ1) is 9.33. The SMILES string of the molecule is CN(c1cccnc1)c1cc(NC2CNC2)ncn1. The first-order valence-electron chi connectivity index (χ1n) is 6.26. The Labute approximate surface area is 111 Å².